The van der Waals surface area contributed by atoms with E-state index >= 15 is 0 Å². The van der Waals surface area contributed by atoms with Gasteiger partial charge in [-0.2, -0.15) is 0 Å². The first kappa shape index (κ1) is 38.9. The number of hydrogen-bond donors (Lipinski definition) is 0. The number of aromatic carboxylic acids is 2. The summed E-state index contributed by atoms with van der Waals surface area (Å²) in [6.45, 7) is 4.48. The molecule has 2 heterocycles. The van der Waals surface area contributed by atoms with Gasteiger partial charge < -0.3 is 19.8 Å². The van der Waals surface area contributed by atoms with Gasteiger partial charge in [-0.15, -0.1) is 0 Å². The number of carboxylic acid groups (broad SMARTS) is 2. The third-order valence-electron chi connectivity index (χ3n) is 7.20. The second-order valence-corrected chi connectivity index (χ2v) is 10.8. The first-order valence-corrected chi connectivity index (χ1v) is 15.8. The summed E-state index contributed by atoms with van der Waals surface area (Å²) in [4.78, 5) is 28.9. The van der Waals surface area contributed by atoms with Gasteiger partial charge in [0.15, 0.2) is 0 Å². The molecule has 6 nitrogen and oxygen atoms in total. The van der Waals surface area contributed by atoms with Crippen molar-refractivity contribution in [2.75, 3.05) is 0 Å². The summed E-state index contributed by atoms with van der Waals surface area (Å²) in [5.74, 6) is -2.39. The van der Waals surface area contributed by atoms with Crippen molar-refractivity contribution in [2.45, 2.75) is 142 Å². The van der Waals surface area contributed by atoms with E-state index in [0.717, 1.165) is 36.8 Å². The van der Waals surface area contributed by atoms with E-state index in [9.17, 15) is 19.8 Å². The largest absolute Gasteiger partial charge is 2.00 e. The second kappa shape index (κ2) is 26.7. The predicted molar refractivity (Wildman–Crippen MR) is 159 cm³/mol. The normalized spacial score (nSPS) is 10.4. The first-order chi connectivity index (χ1) is 19.5. The monoisotopic (exact) mass is 616 g/mol. The fourth-order valence-electron chi connectivity index (χ4n) is 4.76. The molecule has 0 radical (unpaired) electrons. The van der Waals surface area contributed by atoms with Gasteiger partial charge in [0.2, 0.25) is 0 Å². The van der Waals surface area contributed by atoms with Gasteiger partial charge in [0.05, 0.1) is 23.3 Å². The molecule has 224 valence electrons. The quantitative estimate of drug-likeness (QED) is 0.104. The minimum absolute atomic E-state index is 0. The fraction of sp³-hybridized carbons (Fsp3) is 0.647. The van der Waals surface area contributed by atoms with Crippen LogP contribution in [0.5, 0.6) is 0 Å². The minimum atomic E-state index is -1.20. The number of nitrogens with zero attached hydrogens (tertiary/aromatic N) is 2. The summed E-state index contributed by atoms with van der Waals surface area (Å²) in [7, 11) is 0. The molecule has 0 aromatic carbocycles. The molecule has 0 saturated carbocycles. The summed E-state index contributed by atoms with van der Waals surface area (Å²) < 4.78 is 0. The summed E-state index contributed by atoms with van der Waals surface area (Å²) in [5, 5.41) is 21.4. The molecular formula is C34H52N2O4Zn. The summed E-state index contributed by atoms with van der Waals surface area (Å²) >= 11 is 0. The number of aromatic nitrogens is 2. The number of carboxylic acids is 2. The molecule has 0 aliphatic rings. The molecular weight excluding hydrogens is 566 g/mol. The van der Waals surface area contributed by atoms with E-state index in [2.05, 4.69) is 23.8 Å². The van der Waals surface area contributed by atoms with Crippen LogP contribution in [0.2, 0.25) is 0 Å². The molecule has 0 aliphatic carbocycles. The Morgan fingerprint density at radius 2 is 0.829 bits per heavy atom. The Balaban J connectivity index is 0.000000762. The maximum atomic E-state index is 10.7. The van der Waals surface area contributed by atoms with E-state index < -0.39 is 11.9 Å². The van der Waals surface area contributed by atoms with Crippen molar-refractivity contribution in [3.63, 3.8) is 0 Å². The second-order valence-electron chi connectivity index (χ2n) is 10.8. The number of hydrogen-bond acceptors (Lipinski definition) is 6. The summed E-state index contributed by atoms with van der Waals surface area (Å²) in [6, 6.07) is 7.02. The van der Waals surface area contributed by atoms with E-state index in [-0.39, 0.29) is 30.9 Å². The van der Waals surface area contributed by atoms with Gasteiger partial charge in [-0.3, -0.25) is 9.97 Å². The summed E-state index contributed by atoms with van der Waals surface area (Å²) in [6.07, 6.45) is 28.4. The molecule has 0 atom stereocenters. The van der Waals surface area contributed by atoms with Crippen LogP contribution in [0.4, 0.5) is 0 Å². The minimum Gasteiger partial charge on any atom is -0.543 e. The molecule has 41 heavy (non-hydrogen) atoms. The number of unbranched alkanes of at least 4 members (excludes halogenated alkanes) is 16. The van der Waals surface area contributed by atoms with Crippen molar-refractivity contribution in [1.29, 1.82) is 0 Å². The van der Waals surface area contributed by atoms with E-state index in [0.29, 0.717) is 0 Å². The zero-order chi connectivity index (χ0) is 29.3. The van der Waals surface area contributed by atoms with Crippen molar-refractivity contribution in [1.82, 2.24) is 9.97 Å². The van der Waals surface area contributed by atoms with Crippen LogP contribution >= 0.6 is 0 Å². The maximum Gasteiger partial charge on any atom is 2.00 e. The van der Waals surface area contributed by atoms with Gasteiger partial charge in [0.1, 0.15) is 0 Å². The van der Waals surface area contributed by atoms with Crippen LogP contribution in [-0.4, -0.2) is 21.9 Å². The van der Waals surface area contributed by atoms with E-state index in [1.54, 1.807) is 24.5 Å². The number of carbonyl (C=O) groups excluding carboxylic acids is 2. The molecule has 2 aromatic rings. The Hall–Kier alpha value is -2.14. The molecule has 0 spiro atoms. The van der Waals surface area contributed by atoms with Crippen LogP contribution in [0.25, 0.3) is 0 Å². The number of pyridine rings is 2. The Morgan fingerprint density at radius 1 is 0.537 bits per heavy atom. The standard InChI is InChI=1S/2C17H27NO2.Zn/c2*1-2-3-4-5-6-7-8-9-10-11-15-12-13-18-16(14-15)17(19)20;/h2*12-14H,2-11H2,1H3,(H,19,20);/q;;+2/p-2. The topological polar surface area (TPSA) is 106 Å². The first-order valence-electron chi connectivity index (χ1n) is 15.8. The van der Waals surface area contributed by atoms with Gasteiger partial charge in [0.25, 0.3) is 0 Å². The number of rotatable bonds is 22. The Kier molecular flexibility index (Phi) is 25.3. The fourth-order valence-corrected chi connectivity index (χ4v) is 4.76. The van der Waals surface area contributed by atoms with Crippen LogP contribution < -0.4 is 10.2 Å². The average molecular weight is 618 g/mol. The molecule has 7 heteroatoms. The molecule has 2 aromatic heterocycles. The van der Waals surface area contributed by atoms with Gasteiger partial charge in [-0.25, -0.2) is 0 Å². The average Bonchev–Trinajstić information content (AvgIpc) is 2.96. The van der Waals surface area contributed by atoms with Crippen molar-refractivity contribution >= 4 is 11.9 Å². The number of carbonyl (C=O) groups is 2. The molecule has 2 rings (SSSR count). The van der Waals surface area contributed by atoms with Gasteiger partial charge in [-0.05, 0) is 61.1 Å². The van der Waals surface area contributed by atoms with Crippen LogP contribution in [0.3, 0.4) is 0 Å². The van der Waals surface area contributed by atoms with Crippen molar-refractivity contribution < 1.29 is 39.3 Å². The van der Waals surface area contributed by atoms with Crippen molar-refractivity contribution in [3.8, 4) is 0 Å². The zero-order valence-electron chi connectivity index (χ0n) is 25.8. The molecule has 0 amide bonds. The van der Waals surface area contributed by atoms with E-state index in [1.165, 1.54) is 103 Å². The number of aryl methyl sites for hydroxylation is 2. The van der Waals surface area contributed by atoms with Crippen LogP contribution in [0.15, 0.2) is 36.7 Å². The summed E-state index contributed by atoms with van der Waals surface area (Å²) in [5.41, 5.74) is 2.17. The predicted octanol–water partition coefficient (Wildman–Crippen LogP) is 7.03. The third kappa shape index (κ3) is 21.3. The Morgan fingerprint density at radius 3 is 1.12 bits per heavy atom. The SMILES string of the molecule is CCCCCCCCCCCc1ccnc(C(=O)[O-])c1.CCCCCCCCCCCc1ccnc(C(=O)[O-])c1.[Zn+2]. The van der Waals surface area contributed by atoms with Crippen LogP contribution in [0, 0.1) is 0 Å². The van der Waals surface area contributed by atoms with Gasteiger partial charge in [0, 0.05) is 12.4 Å². The molecule has 0 aliphatic heterocycles. The molecule has 0 unspecified atom stereocenters. The third-order valence-corrected chi connectivity index (χ3v) is 7.20. The van der Waals surface area contributed by atoms with Crippen LogP contribution in [-0.2, 0) is 32.3 Å². The van der Waals surface area contributed by atoms with Crippen LogP contribution in [0.1, 0.15) is 162 Å². The Labute approximate surface area is 261 Å². The van der Waals surface area contributed by atoms with E-state index in [4.69, 9.17) is 0 Å². The zero-order valence-corrected chi connectivity index (χ0v) is 28.8. The van der Waals surface area contributed by atoms with E-state index in [1.807, 2.05) is 12.1 Å². The maximum absolute atomic E-state index is 10.7. The van der Waals surface area contributed by atoms with Crippen molar-refractivity contribution in [2.24, 2.45) is 0 Å². The molecule has 0 fully saturated rings. The molecule has 0 N–H and O–H groups in total. The van der Waals surface area contributed by atoms with Gasteiger partial charge >= 0.3 is 19.5 Å². The van der Waals surface area contributed by atoms with Gasteiger partial charge in [-0.1, -0.05) is 117 Å². The van der Waals surface area contributed by atoms with Crippen molar-refractivity contribution in [3.05, 3.63) is 59.2 Å². The molecule has 0 bridgehead atoms. The smallest absolute Gasteiger partial charge is 0.543 e. The Bertz CT molecular complexity index is 863. The molecule has 0 saturated heterocycles.